The highest BCUT2D eigenvalue weighted by molar-refractivity contribution is 5.94. The lowest BCUT2D eigenvalue weighted by atomic mass is 10.0. The van der Waals surface area contributed by atoms with Crippen LogP contribution in [-0.4, -0.2) is 21.6 Å². The maximum Gasteiger partial charge on any atom is 0.268 e. The van der Waals surface area contributed by atoms with E-state index in [-0.39, 0.29) is 11.9 Å². The molecule has 0 saturated heterocycles. The second kappa shape index (κ2) is 2.39. The molecular formula is C10H12N2O2. The molecule has 0 radical (unpaired) electrons. The van der Waals surface area contributed by atoms with Gasteiger partial charge in [0.1, 0.15) is 5.69 Å². The van der Waals surface area contributed by atoms with Gasteiger partial charge >= 0.3 is 0 Å². The summed E-state index contributed by atoms with van der Waals surface area (Å²) in [5.41, 5.74) is -0.321. The van der Waals surface area contributed by atoms with E-state index in [1.54, 1.807) is 22.9 Å². The first-order valence-electron chi connectivity index (χ1n) is 4.93. The molecule has 0 bridgehead atoms. The lowest BCUT2D eigenvalue weighted by Gasteiger charge is -2.37. The number of carbonyl (C=O) groups excluding carboxylic acids is 1. The van der Waals surface area contributed by atoms with Crippen LogP contribution < -0.4 is 5.32 Å². The summed E-state index contributed by atoms with van der Waals surface area (Å²) >= 11 is 0. The standard InChI is InChI=1S/C10H12N2O2/c13-9-7-3-2-6-12(7)10(14)5-1-4-8(10)11-9/h2-3,6,8,14H,1,4-5H2,(H,11,13). The Morgan fingerprint density at radius 2 is 2.50 bits per heavy atom. The van der Waals surface area contributed by atoms with Crippen molar-refractivity contribution in [2.24, 2.45) is 0 Å². The number of nitrogens with one attached hydrogen (secondary N) is 1. The van der Waals surface area contributed by atoms with Crippen molar-refractivity contribution in [3.63, 3.8) is 0 Å². The summed E-state index contributed by atoms with van der Waals surface area (Å²) < 4.78 is 1.71. The molecule has 1 amide bonds. The number of aromatic nitrogens is 1. The van der Waals surface area contributed by atoms with Crippen LogP contribution in [0.15, 0.2) is 18.3 Å². The Kier molecular flexibility index (Phi) is 1.37. The minimum absolute atomic E-state index is 0.0772. The summed E-state index contributed by atoms with van der Waals surface area (Å²) in [5.74, 6) is -0.0772. The summed E-state index contributed by atoms with van der Waals surface area (Å²) in [7, 11) is 0. The number of rotatable bonds is 0. The van der Waals surface area contributed by atoms with Crippen molar-refractivity contribution in [2.75, 3.05) is 0 Å². The van der Waals surface area contributed by atoms with Crippen LogP contribution in [0.2, 0.25) is 0 Å². The zero-order chi connectivity index (χ0) is 9.76. The van der Waals surface area contributed by atoms with Gasteiger partial charge in [0, 0.05) is 6.20 Å². The van der Waals surface area contributed by atoms with Crippen molar-refractivity contribution >= 4 is 5.91 Å². The molecule has 2 unspecified atom stereocenters. The molecule has 1 aliphatic heterocycles. The molecule has 1 fully saturated rings. The highest BCUT2D eigenvalue weighted by Crippen LogP contribution is 2.38. The van der Waals surface area contributed by atoms with Gasteiger partial charge in [-0.2, -0.15) is 0 Å². The molecule has 0 aromatic carbocycles. The van der Waals surface area contributed by atoms with Crippen LogP contribution in [0.4, 0.5) is 0 Å². The summed E-state index contributed by atoms with van der Waals surface area (Å²) in [5, 5.41) is 13.3. The first-order chi connectivity index (χ1) is 6.72. The highest BCUT2D eigenvalue weighted by Gasteiger charge is 2.47. The first kappa shape index (κ1) is 8.05. The van der Waals surface area contributed by atoms with Gasteiger partial charge in [-0.1, -0.05) is 0 Å². The average Bonchev–Trinajstić information content (AvgIpc) is 2.72. The van der Waals surface area contributed by atoms with Crippen molar-refractivity contribution < 1.29 is 9.90 Å². The molecule has 2 N–H and O–H groups in total. The van der Waals surface area contributed by atoms with Gasteiger partial charge < -0.3 is 15.0 Å². The Labute approximate surface area is 81.5 Å². The van der Waals surface area contributed by atoms with Crippen molar-refractivity contribution in [3.05, 3.63) is 24.0 Å². The van der Waals surface area contributed by atoms with Gasteiger partial charge in [0.05, 0.1) is 6.04 Å². The Balaban J connectivity index is 2.20. The van der Waals surface area contributed by atoms with Gasteiger partial charge in [-0.05, 0) is 31.4 Å². The van der Waals surface area contributed by atoms with E-state index in [0.717, 1.165) is 19.3 Å². The summed E-state index contributed by atoms with van der Waals surface area (Å²) in [6.07, 6.45) is 4.32. The van der Waals surface area contributed by atoms with E-state index in [1.165, 1.54) is 0 Å². The second-order valence-electron chi connectivity index (χ2n) is 4.06. The lowest BCUT2D eigenvalue weighted by molar-refractivity contribution is -0.0609. The molecule has 74 valence electrons. The normalized spacial score (nSPS) is 34.9. The monoisotopic (exact) mass is 192 g/mol. The third-order valence-corrected chi connectivity index (χ3v) is 3.30. The topological polar surface area (TPSA) is 54.3 Å². The quantitative estimate of drug-likeness (QED) is 0.626. The first-order valence-corrected chi connectivity index (χ1v) is 4.93. The summed E-state index contributed by atoms with van der Waals surface area (Å²) in [4.78, 5) is 11.6. The van der Waals surface area contributed by atoms with E-state index >= 15 is 0 Å². The lowest BCUT2D eigenvalue weighted by Crippen LogP contribution is -2.56. The van der Waals surface area contributed by atoms with Crippen LogP contribution in [0, 0.1) is 0 Å². The maximum atomic E-state index is 11.6. The largest absolute Gasteiger partial charge is 0.368 e. The Hall–Kier alpha value is -1.29. The second-order valence-corrected chi connectivity index (χ2v) is 4.06. The van der Waals surface area contributed by atoms with E-state index in [9.17, 15) is 9.90 Å². The predicted octanol–water partition coefficient (Wildman–Crippen LogP) is 0.429. The molecule has 1 aromatic heterocycles. The number of carbonyl (C=O) groups is 1. The van der Waals surface area contributed by atoms with Crippen LogP contribution in [0.3, 0.4) is 0 Å². The third kappa shape index (κ3) is 0.792. The third-order valence-electron chi connectivity index (χ3n) is 3.30. The molecule has 0 spiro atoms. The molecule has 1 aliphatic carbocycles. The minimum atomic E-state index is -0.882. The van der Waals surface area contributed by atoms with Crippen molar-refractivity contribution in [2.45, 2.75) is 31.0 Å². The average molecular weight is 192 g/mol. The van der Waals surface area contributed by atoms with Crippen LogP contribution in [-0.2, 0) is 5.72 Å². The predicted molar refractivity (Wildman–Crippen MR) is 49.7 cm³/mol. The summed E-state index contributed by atoms with van der Waals surface area (Å²) in [6, 6.07) is 3.42. The van der Waals surface area contributed by atoms with Crippen LogP contribution in [0.1, 0.15) is 29.8 Å². The van der Waals surface area contributed by atoms with E-state index < -0.39 is 5.72 Å². The minimum Gasteiger partial charge on any atom is -0.368 e. The maximum absolute atomic E-state index is 11.6. The van der Waals surface area contributed by atoms with E-state index in [4.69, 9.17) is 0 Å². The molecular weight excluding hydrogens is 180 g/mol. The fraction of sp³-hybridized carbons (Fsp3) is 0.500. The van der Waals surface area contributed by atoms with Crippen LogP contribution in [0.5, 0.6) is 0 Å². The molecule has 2 atom stereocenters. The Morgan fingerprint density at radius 3 is 3.36 bits per heavy atom. The number of fused-ring (bicyclic) bond motifs is 3. The fourth-order valence-electron chi connectivity index (χ4n) is 2.58. The van der Waals surface area contributed by atoms with E-state index in [1.807, 2.05) is 0 Å². The molecule has 1 saturated carbocycles. The number of nitrogens with zero attached hydrogens (tertiary/aromatic N) is 1. The zero-order valence-corrected chi connectivity index (χ0v) is 7.73. The molecule has 4 heteroatoms. The SMILES string of the molecule is O=C1NC2CCCC2(O)n2cccc21. The zero-order valence-electron chi connectivity index (χ0n) is 7.73. The van der Waals surface area contributed by atoms with Gasteiger partial charge in [0.15, 0.2) is 5.72 Å². The Bertz CT molecular complexity index is 399. The van der Waals surface area contributed by atoms with Gasteiger partial charge in [0.2, 0.25) is 0 Å². The number of hydrogen-bond acceptors (Lipinski definition) is 2. The molecule has 1 aromatic rings. The fourth-order valence-corrected chi connectivity index (χ4v) is 2.58. The van der Waals surface area contributed by atoms with Gasteiger partial charge in [-0.15, -0.1) is 0 Å². The van der Waals surface area contributed by atoms with Gasteiger partial charge in [-0.25, -0.2) is 0 Å². The van der Waals surface area contributed by atoms with Gasteiger partial charge in [-0.3, -0.25) is 4.79 Å². The number of aliphatic hydroxyl groups is 1. The summed E-state index contributed by atoms with van der Waals surface area (Å²) in [6.45, 7) is 0. The number of hydrogen-bond donors (Lipinski definition) is 2. The molecule has 2 aliphatic rings. The van der Waals surface area contributed by atoms with E-state index in [2.05, 4.69) is 5.32 Å². The highest BCUT2D eigenvalue weighted by atomic mass is 16.3. The van der Waals surface area contributed by atoms with Gasteiger partial charge in [0.25, 0.3) is 5.91 Å². The molecule has 2 heterocycles. The molecule has 4 nitrogen and oxygen atoms in total. The van der Waals surface area contributed by atoms with E-state index in [0.29, 0.717) is 5.69 Å². The Morgan fingerprint density at radius 1 is 1.64 bits per heavy atom. The van der Waals surface area contributed by atoms with Crippen molar-refractivity contribution in [1.29, 1.82) is 0 Å². The van der Waals surface area contributed by atoms with Crippen LogP contribution >= 0.6 is 0 Å². The van der Waals surface area contributed by atoms with Crippen molar-refractivity contribution in [1.82, 2.24) is 9.88 Å². The smallest absolute Gasteiger partial charge is 0.268 e. The molecule has 3 rings (SSSR count). The number of amides is 1. The van der Waals surface area contributed by atoms with Crippen molar-refractivity contribution in [3.8, 4) is 0 Å². The van der Waals surface area contributed by atoms with Crippen LogP contribution in [0.25, 0.3) is 0 Å². The molecule has 14 heavy (non-hydrogen) atoms.